The standard InChI is InChI=1S/C22H24N4OS/c1-15-10-12-18(13-11-15)26-16(2)24-25-22(26)28-14-21(27)23-20-9-5-7-17-6-3-4-8-19(17)20/h3-4,6,8,10-13,20H,5,7,9,14H2,1-2H3,(H,23,27). The molecule has 0 saturated heterocycles. The zero-order valence-corrected chi connectivity index (χ0v) is 17.0. The Hall–Kier alpha value is -2.60. The van der Waals surface area contributed by atoms with Crippen molar-refractivity contribution in [1.82, 2.24) is 20.1 Å². The van der Waals surface area contributed by atoms with Gasteiger partial charge in [0.1, 0.15) is 5.82 Å². The van der Waals surface area contributed by atoms with E-state index in [2.05, 4.69) is 64.9 Å². The number of hydrogen-bond donors (Lipinski definition) is 1. The Morgan fingerprint density at radius 2 is 1.93 bits per heavy atom. The number of hydrogen-bond acceptors (Lipinski definition) is 4. The van der Waals surface area contributed by atoms with E-state index >= 15 is 0 Å². The average Bonchev–Trinajstić information content (AvgIpc) is 3.08. The lowest BCUT2D eigenvalue weighted by atomic mass is 9.88. The van der Waals surface area contributed by atoms with Crippen LogP contribution in [0.1, 0.15) is 41.4 Å². The topological polar surface area (TPSA) is 59.8 Å². The van der Waals surface area contributed by atoms with E-state index in [0.29, 0.717) is 5.75 Å². The minimum atomic E-state index is 0.0304. The summed E-state index contributed by atoms with van der Waals surface area (Å²) >= 11 is 1.42. The maximum Gasteiger partial charge on any atom is 0.230 e. The molecule has 1 heterocycles. The van der Waals surface area contributed by atoms with E-state index < -0.39 is 0 Å². The van der Waals surface area contributed by atoms with E-state index in [0.717, 1.165) is 35.9 Å². The summed E-state index contributed by atoms with van der Waals surface area (Å²) in [6.07, 6.45) is 3.19. The third-order valence-corrected chi connectivity index (χ3v) is 6.05. The molecule has 0 spiro atoms. The molecule has 1 unspecified atom stereocenters. The number of fused-ring (bicyclic) bond motifs is 1. The second-order valence-corrected chi connectivity index (χ2v) is 8.14. The molecular weight excluding hydrogens is 368 g/mol. The van der Waals surface area contributed by atoms with Crippen molar-refractivity contribution < 1.29 is 4.79 Å². The van der Waals surface area contributed by atoms with Crippen molar-refractivity contribution in [3.8, 4) is 5.69 Å². The van der Waals surface area contributed by atoms with Crippen molar-refractivity contribution in [2.75, 3.05) is 5.75 Å². The number of rotatable bonds is 5. The highest BCUT2D eigenvalue weighted by Gasteiger charge is 2.22. The summed E-state index contributed by atoms with van der Waals surface area (Å²) < 4.78 is 1.99. The highest BCUT2D eigenvalue weighted by Crippen LogP contribution is 2.29. The number of thioether (sulfide) groups is 1. The molecule has 6 heteroatoms. The molecule has 3 aromatic rings. The SMILES string of the molecule is Cc1ccc(-n2c(C)nnc2SCC(=O)NC2CCCc3ccccc32)cc1. The Balaban J connectivity index is 1.43. The molecule has 1 aliphatic carbocycles. The Labute approximate surface area is 169 Å². The fourth-order valence-corrected chi connectivity index (χ4v) is 4.51. The normalized spacial score (nSPS) is 15.9. The summed E-state index contributed by atoms with van der Waals surface area (Å²) in [4.78, 5) is 12.6. The van der Waals surface area contributed by atoms with E-state index in [-0.39, 0.29) is 11.9 Å². The van der Waals surface area contributed by atoms with Crippen molar-refractivity contribution in [1.29, 1.82) is 0 Å². The smallest absolute Gasteiger partial charge is 0.230 e. The monoisotopic (exact) mass is 392 g/mol. The van der Waals surface area contributed by atoms with Crippen molar-refractivity contribution >= 4 is 17.7 Å². The summed E-state index contributed by atoms with van der Waals surface area (Å²) in [7, 11) is 0. The van der Waals surface area contributed by atoms with E-state index in [1.54, 1.807) is 0 Å². The third-order valence-electron chi connectivity index (χ3n) is 5.12. The zero-order chi connectivity index (χ0) is 19.5. The molecule has 2 aromatic carbocycles. The van der Waals surface area contributed by atoms with Gasteiger partial charge < -0.3 is 5.32 Å². The second kappa shape index (κ2) is 8.19. The number of carbonyl (C=O) groups is 1. The van der Waals surface area contributed by atoms with E-state index in [1.165, 1.54) is 28.5 Å². The van der Waals surface area contributed by atoms with E-state index in [1.807, 2.05) is 17.6 Å². The van der Waals surface area contributed by atoms with Crippen molar-refractivity contribution in [3.63, 3.8) is 0 Å². The van der Waals surface area contributed by atoms with Crippen LogP contribution in [0.15, 0.2) is 53.7 Å². The number of aryl methyl sites for hydroxylation is 3. The average molecular weight is 393 g/mol. The molecule has 0 fully saturated rings. The molecule has 0 aliphatic heterocycles. The number of aromatic nitrogens is 3. The summed E-state index contributed by atoms with van der Waals surface area (Å²) in [5, 5.41) is 12.4. The van der Waals surface area contributed by atoms with Gasteiger partial charge in [-0.2, -0.15) is 0 Å². The summed E-state index contributed by atoms with van der Waals surface area (Å²) in [5.74, 6) is 1.17. The van der Waals surface area contributed by atoms with Crippen LogP contribution in [0.4, 0.5) is 0 Å². The van der Waals surface area contributed by atoms with Crippen LogP contribution in [0.2, 0.25) is 0 Å². The quantitative estimate of drug-likeness (QED) is 0.662. The predicted octanol–water partition coefficient (Wildman–Crippen LogP) is 4.17. The molecule has 1 N–H and O–H groups in total. The Morgan fingerprint density at radius 3 is 2.75 bits per heavy atom. The first-order chi connectivity index (χ1) is 13.6. The molecule has 4 rings (SSSR count). The molecule has 28 heavy (non-hydrogen) atoms. The molecule has 144 valence electrons. The number of benzene rings is 2. The number of nitrogens with zero attached hydrogens (tertiary/aromatic N) is 3. The largest absolute Gasteiger partial charge is 0.349 e. The Bertz CT molecular complexity index is 980. The van der Waals surface area contributed by atoms with Crippen LogP contribution in [0, 0.1) is 13.8 Å². The maximum atomic E-state index is 12.6. The van der Waals surface area contributed by atoms with Gasteiger partial charge in [-0.3, -0.25) is 9.36 Å². The van der Waals surface area contributed by atoms with Crippen LogP contribution in [0.3, 0.4) is 0 Å². The summed E-state index contributed by atoms with van der Waals surface area (Å²) in [6.45, 7) is 3.99. The van der Waals surface area contributed by atoms with Gasteiger partial charge >= 0.3 is 0 Å². The van der Waals surface area contributed by atoms with Crippen LogP contribution in [0.5, 0.6) is 0 Å². The maximum absolute atomic E-state index is 12.6. The van der Waals surface area contributed by atoms with Gasteiger partial charge in [0, 0.05) is 5.69 Å². The molecule has 0 bridgehead atoms. The molecule has 1 atom stereocenters. The number of amides is 1. The summed E-state index contributed by atoms with van der Waals surface area (Å²) in [6, 6.07) is 16.7. The van der Waals surface area contributed by atoms with Gasteiger partial charge in [0.05, 0.1) is 11.8 Å². The van der Waals surface area contributed by atoms with Gasteiger partial charge in [0.25, 0.3) is 0 Å². The highest BCUT2D eigenvalue weighted by atomic mass is 32.2. The van der Waals surface area contributed by atoms with Crippen LogP contribution in [-0.2, 0) is 11.2 Å². The van der Waals surface area contributed by atoms with Crippen molar-refractivity contribution in [2.45, 2.75) is 44.3 Å². The number of carbonyl (C=O) groups excluding carboxylic acids is 1. The van der Waals surface area contributed by atoms with Gasteiger partial charge in [-0.15, -0.1) is 10.2 Å². The summed E-state index contributed by atoms with van der Waals surface area (Å²) in [5.41, 5.74) is 4.82. The van der Waals surface area contributed by atoms with Crippen molar-refractivity contribution in [2.24, 2.45) is 0 Å². The first-order valence-electron chi connectivity index (χ1n) is 9.61. The van der Waals surface area contributed by atoms with Crippen molar-refractivity contribution in [3.05, 3.63) is 71.0 Å². The van der Waals surface area contributed by atoms with Crippen LogP contribution < -0.4 is 5.32 Å². The van der Waals surface area contributed by atoms with Gasteiger partial charge in [0.15, 0.2) is 5.16 Å². The zero-order valence-electron chi connectivity index (χ0n) is 16.2. The molecule has 1 aliphatic rings. The van der Waals surface area contributed by atoms with Gasteiger partial charge in [-0.1, -0.05) is 53.7 Å². The molecule has 5 nitrogen and oxygen atoms in total. The lowest BCUT2D eigenvalue weighted by Gasteiger charge is -2.26. The Kier molecular flexibility index (Phi) is 5.48. The minimum absolute atomic E-state index is 0.0304. The predicted molar refractivity (Wildman–Crippen MR) is 112 cm³/mol. The molecule has 1 amide bonds. The van der Waals surface area contributed by atoms with Gasteiger partial charge in [-0.05, 0) is 56.4 Å². The van der Waals surface area contributed by atoms with Crippen LogP contribution >= 0.6 is 11.8 Å². The number of nitrogens with one attached hydrogen (secondary N) is 1. The minimum Gasteiger partial charge on any atom is -0.349 e. The Morgan fingerprint density at radius 1 is 1.14 bits per heavy atom. The first kappa shape index (κ1) is 18.7. The third kappa shape index (κ3) is 3.97. The molecular formula is C22H24N4OS. The fraction of sp³-hybridized carbons (Fsp3) is 0.318. The molecule has 0 saturated carbocycles. The second-order valence-electron chi connectivity index (χ2n) is 7.20. The first-order valence-corrected chi connectivity index (χ1v) is 10.6. The van der Waals surface area contributed by atoms with Crippen LogP contribution in [0.25, 0.3) is 5.69 Å². The van der Waals surface area contributed by atoms with Gasteiger partial charge in [-0.25, -0.2) is 0 Å². The fourth-order valence-electron chi connectivity index (χ4n) is 3.70. The lowest BCUT2D eigenvalue weighted by Crippen LogP contribution is -2.32. The van der Waals surface area contributed by atoms with E-state index in [9.17, 15) is 4.79 Å². The van der Waals surface area contributed by atoms with Gasteiger partial charge in [0.2, 0.25) is 5.91 Å². The molecule has 1 aromatic heterocycles. The lowest BCUT2D eigenvalue weighted by molar-refractivity contribution is -0.119. The van der Waals surface area contributed by atoms with E-state index in [4.69, 9.17) is 0 Å². The highest BCUT2D eigenvalue weighted by molar-refractivity contribution is 7.99. The van der Waals surface area contributed by atoms with Crippen LogP contribution in [-0.4, -0.2) is 26.4 Å². The molecule has 0 radical (unpaired) electrons.